The molecule has 178 valence electrons. The van der Waals surface area contributed by atoms with Gasteiger partial charge in [0.25, 0.3) is 0 Å². The summed E-state index contributed by atoms with van der Waals surface area (Å²) in [5.41, 5.74) is 2.04. The molecule has 5 rings (SSSR count). The predicted molar refractivity (Wildman–Crippen MR) is 121 cm³/mol. The maximum Gasteiger partial charge on any atom is 0.514 e. The molecule has 0 saturated heterocycles. The van der Waals surface area contributed by atoms with Gasteiger partial charge in [0.2, 0.25) is 5.43 Å². The molecule has 1 saturated carbocycles. The maximum atomic E-state index is 15.2. The van der Waals surface area contributed by atoms with Crippen molar-refractivity contribution in [2.24, 2.45) is 0 Å². The first kappa shape index (κ1) is 23.4. The van der Waals surface area contributed by atoms with E-state index in [0.29, 0.717) is 13.1 Å². The zero-order chi connectivity index (χ0) is 22.6. The SMILES string of the molecule is CCOC(=O)Oc1cn([C@@H]2C[C@@H]2F)c2nc(N3CC4=C(CN(C)CC4)C3)c(F)cc2c1=O.Cl. The van der Waals surface area contributed by atoms with Crippen molar-refractivity contribution in [2.45, 2.75) is 32.0 Å². The quantitative estimate of drug-likeness (QED) is 0.489. The van der Waals surface area contributed by atoms with Gasteiger partial charge in [-0.3, -0.25) is 4.79 Å². The number of nitrogens with zero attached hydrogens (tertiary/aromatic N) is 4. The fourth-order valence-electron chi connectivity index (χ4n) is 4.48. The fourth-order valence-corrected chi connectivity index (χ4v) is 4.48. The number of pyridine rings is 2. The van der Waals surface area contributed by atoms with Crippen LogP contribution in [0.25, 0.3) is 11.0 Å². The van der Waals surface area contributed by atoms with E-state index in [0.717, 1.165) is 25.6 Å². The van der Waals surface area contributed by atoms with Crippen molar-refractivity contribution in [3.05, 3.63) is 39.4 Å². The summed E-state index contributed by atoms with van der Waals surface area (Å²) in [4.78, 5) is 33.2. The molecule has 0 radical (unpaired) electrons. The largest absolute Gasteiger partial charge is 0.514 e. The predicted octanol–water partition coefficient (Wildman–Crippen LogP) is 3.23. The van der Waals surface area contributed by atoms with Crippen molar-refractivity contribution in [2.75, 3.05) is 44.7 Å². The third-order valence-corrected chi connectivity index (χ3v) is 6.22. The number of rotatable bonds is 4. The molecule has 2 aromatic heterocycles. The Hall–Kier alpha value is -2.72. The van der Waals surface area contributed by atoms with Gasteiger partial charge in [-0.05, 0) is 37.6 Å². The normalized spacial score (nSPS) is 22.2. The van der Waals surface area contributed by atoms with Gasteiger partial charge in [-0.25, -0.2) is 18.6 Å². The second kappa shape index (κ2) is 8.90. The molecule has 3 aliphatic rings. The van der Waals surface area contributed by atoms with E-state index < -0.39 is 29.6 Å². The van der Waals surface area contributed by atoms with E-state index in [4.69, 9.17) is 9.47 Å². The first-order valence-corrected chi connectivity index (χ1v) is 10.7. The van der Waals surface area contributed by atoms with Crippen LogP contribution in [0, 0.1) is 5.82 Å². The zero-order valence-corrected chi connectivity index (χ0v) is 19.2. The van der Waals surface area contributed by atoms with Gasteiger partial charge in [-0.1, -0.05) is 0 Å². The lowest BCUT2D eigenvalue weighted by Gasteiger charge is -2.23. The number of alkyl halides is 1. The molecule has 4 heterocycles. The Morgan fingerprint density at radius 1 is 1.27 bits per heavy atom. The van der Waals surface area contributed by atoms with Crippen molar-refractivity contribution >= 4 is 35.4 Å². The van der Waals surface area contributed by atoms with E-state index in [1.54, 1.807) is 6.92 Å². The van der Waals surface area contributed by atoms with Crippen LogP contribution in [0.5, 0.6) is 5.75 Å². The number of carbonyl (C=O) groups excluding carboxylic acids is 1. The fraction of sp³-hybridized carbons (Fsp3) is 0.500. The van der Waals surface area contributed by atoms with Crippen LogP contribution >= 0.6 is 12.4 Å². The molecule has 0 unspecified atom stereocenters. The Balaban J connectivity index is 0.00000259. The number of halogens is 3. The number of ether oxygens (including phenoxy) is 2. The van der Waals surface area contributed by atoms with Gasteiger partial charge < -0.3 is 23.8 Å². The van der Waals surface area contributed by atoms with Gasteiger partial charge in [0, 0.05) is 32.6 Å². The molecule has 2 aliphatic heterocycles. The van der Waals surface area contributed by atoms with Crippen molar-refractivity contribution < 1.29 is 23.0 Å². The van der Waals surface area contributed by atoms with Crippen LogP contribution in [0.1, 0.15) is 25.8 Å². The third-order valence-electron chi connectivity index (χ3n) is 6.22. The minimum atomic E-state index is -1.11. The molecule has 11 heteroatoms. The summed E-state index contributed by atoms with van der Waals surface area (Å²) in [6.07, 6.45) is 0.289. The number of likely N-dealkylation sites (N-methyl/N-ethyl adjacent to an activating group) is 1. The topological polar surface area (TPSA) is 76.9 Å². The molecule has 0 spiro atoms. The van der Waals surface area contributed by atoms with Crippen LogP contribution < -0.4 is 15.1 Å². The van der Waals surface area contributed by atoms with Crippen molar-refractivity contribution in [3.8, 4) is 5.75 Å². The highest BCUT2D eigenvalue weighted by atomic mass is 35.5. The first-order chi connectivity index (χ1) is 15.4. The van der Waals surface area contributed by atoms with Crippen molar-refractivity contribution in [1.82, 2.24) is 14.5 Å². The van der Waals surface area contributed by atoms with E-state index in [1.807, 2.05) is 4.90 Å². The Morgan fingerprint density at radius 2 is 2.00 bits per heavy atom. The number of hydrogen-bond acceptors (Lipinski definition) is 7. The van der Waals surface area contributed by atoms with Gasteiger partial charge in [0.05, 0.1) is 24.2 Å². The van der Waals surface area contributed by atoms with E-state index >= 15 is 4.39 Å². The molecule has 33 heavy (non-hydrogen) atoms. The van der Waals surface area contributed by atoms with Crippen LogP contribution in [-0.2, 0) is 4.74 Å². The van der Waals surface area contributed by atoms with Crippen molar-refractivity contribution in [3.63, 3.8) is 0 Å². The van der Waals surface area contributed by atoms with Crippen LogP contribution in [-0.4, -0.2) is 66.6 Å². The lowest BCUT2D eigenvalue weighted by atomic mass is 10.0. The van der Waals surface area contributed by atoms with Crippen LogP contribution in [0.15, 0.2) is 28.2 Å². The average Bonchev–Trinajstić information content (AvgIpc) is 3.32. The Labute approximate surface area is 195 Å². The molecule has 2 aromatic rings. The molecule has 0 aromatic carbocycles. The Kier molecular flexibility index (Phi) is 6.32. The number of aromatic nitrogens is 2. The zero-order valence-electron chi connectivity index (χ0n) is 18.3. The van der Waals surface area contributed by atoms with E-state index in [1.165, 1.54) is 21.9 Å². The van der Waals surface area contributed by atoms with Crippen LogP contribution in [0.4, 0.5) is 19.4 Å². The standard InChI is InChI=1S/C22H24F2N4O4.ClH/c1-3-31-22(30)32-18-11-28(17-7-15(17)23)20-14(19(18)29)6-16(24)21(25-20)27-9-12-4-5-26(2)8-13(12)10-27;/h6,11,15,17H,3-5,7-10H2,1-2H3;1H/t15-,17+;/m0./s1. The summed E-state index contributed by atoms with van der Waals surface area (Å²) < 4.78 is 40.3. The summed E-state index contributed by atoms with van der Waals surface area (Å²) in [6.45, 7) is 4.62. The van der Waals surface area contributed by atoms with E-state index in [9.17, 15) is 14.0 Å². The van der Waals surface area contributed by atoms with E-state index in [-0.39, 0.29) is 48.0 Å². The Bertz CT molecular complexity index is 1200. The lowest BCUT2D eigenvalue weighted by Crippen LogP contribution is -2.28. The molecule has 0 bridgehead atoms. The third kappa shape index (κ3) is 4.29. The first-order valence-electron chi connectivity index (χ1n) is 10.7. The molecule has 2 atom stereocenters. The molecule has 1 aliphatic carbocycles. The van der Waals surface area contributed by atoms with E-state index in [2.05, 4.69) is 16.9 Å². The molecular formula is C22H25ClF2N4O4. The molecule has 0 amide bonds. The molecule has 0 N–H and O–H groups in total. The Morgan fingerprint density at radius 3 is 2.70 bits per heavy atom. The molecule has 8 nitrogen and oxygen atoms in total. The summed E-state index contributed by atoms with van der Waals surface area (Å²) in [5, 5.41) is -0.0659. The monoisotopic (exact) mass is 482 g/mol. The highest BCUT2D eigenvalue weighted by Crippen LogP contribution is 2.41. The van der Waals surface area contributed by atoms with Crippen molar-refractivity contribution in [1.29, 1.82) is 0 Å². The maximum absolute atomic E-state index is 15.2. The van der Waals surface area contributed by atoms with Gasteiger partial charge >= 0.3 is 6.16 Å². The summed E-state index contributed by atoms with van der Waals surface area (Å²) in [6, 6.07) is 0.556. The van der Waals surface area contributed by atoms with Gasteiger partial charge in [0.1, 0.15) is 11.8 Å². The molecular weight excluding hydrogens is 458 g/mol. The summed E-state index contributed by atoms with van der Waals surface area (Å²) in [5.74, 6) is -0.849. The average molecular weight is 483 g/mol. The highest BCUT2D eigenvalue weighted by molar-refractivity contribution is 5.85. The van der Waals surface area contributed by atoms with Gasteiger partial charge in [0.15, 0.2) is 17.4 Å². The van der Waals surface area contributed by atoms with Gasteiger partial charge in [-0.2, -0.15) is 0 Å². The number of anilines is 1. The van der Waals surface area contributed by atoms with Crippen LogP contribution in [0.3, 0.4) is 0 Å². The van der Waals surface area contributed by atoms with Crippen LogP contribution in [0.2, 0.25) is 0 Å². The summed E-state index contributed by atoms with van der Waals surface area (Å²) >= 11 is 0. The molecule has 1 fully saturated rings. The second-order valence-corrected chi connectivity index (χ2v) is 8.55. The number of carbonyl (C=O) groups is 1. The number of hydrogen-bond donors (Lipinski definition) is 0. The lowest BCUT2D eigenvalue weighted by molar-refractivity contribution is 0.103. The minimum absolute atomic E-state index is 0. The second-order valence-electron chi connectivity index (χ2n) is 8.55. The number of fused-ring (bicyclic) bond motifs is 1. The van der Waals surface area contributed by atoms with Gasteiger partial charge in [-0.15, -0.1) is 12.4 Å². The highest BCUT2D eigenvalue weighted by Gasteiger charge is 2.41. The minimum Gasteiger partial charge on any atom is -0.434 e. The smallest absolute Gasteiger partial charge is 0.434 e. The summed E-state index contributed by atoms with van der Waals surface area (Å²) in [7, 11) is 2.05.